The van der Waals surface area contributed by atoms with Crippen LogP contribution in [0.15, 0.2) is 27.6 Å². The molecule has 2 nitrogen and oxygen atoms in total. The smallest absolute Gasteiger partial charge is 0.0331 e. The minimum atomic E-state index is 0.336. The molecule has 0 amide bonds. The Morgan fingerprint density at radius 3 is 2.69 bits per heavy atom. The number of hydrogen-bond acceptors (Lipinski definition) is 3. The molecule has 2 unspecified atom stereocenters. The molecule has 0 heterocycles. The zero-order valence-electron chi connectivity index (χ0n) is 9.16. The van der Waals surface area contributed by atoms with Crippen molar-refractivity contribution in [1.29, 1.82) is 0 Å². The van der Waals surface area contributed by atoms with E-state index in [1.807, 2.05) is 23.9 Å². The molecule has 0 bridgehead atoms. The Hall–Kier alpha value is -0.190. The van der Waals surface area contributed by atoms with E-state index in [4.69, 9.17) is 11.5 Å². The average molecular weight is 301 g/mol. The van der Waals surface area contributed by atoms with Gasteiger partial charge in [0, 0.05) is 26.3 Å². The van der Waals surface area contributed by atoms with E-state index in [0.29, 0.717) is 11.3 Å². The van der Waals surface area contributed by atoms with Crippen LogP contribution in [0.1, 0.15) is 25.7 Å². The molecule has 1 aliphatic rings. The van der Waals surface area contributed by atoms with Crippen molar-refractivity contribution >= 4 is 33.4 Å². The first-order chi connectivity index (χ1) is 7.66. The number of thioether (sulfide) groups is 1. The molecule has 0 aromatic heterocycles. The minimum Gasteiger partial charge on any atom is -0.399 e. The number of anilines is 1. The van der Waals surface area contributed by atoms with Crippen LogP contribution >= 0.6 is 27.7 Å². The molecule has 1 aromatic carbocycles. The summed E-state index contributed by atoms with van der Waals surface area (Å²) >= 11 is 5.43. The van der Waals surface area contributed by atoms with Gasteiger partial charge in [0.05, 0.1) is 0 Å². The highest BCUT2D eigenvalue weighted by Crippen LogP contribution is 2.37. The van der Waals surface area contributed by atoms with E-state index in [9.17, 15) is 0 Å². The summed E-state index contributed by atoms with van der Waals surface area (Å²) in [5.74, 6) is 0. The fourth-order valence-electron chi connectivity index (χ4n) is 2.05. The van der Waals surface area contributed by atoms with E-state index in [1.165, 1.54) is 24.2 Å². The highest BCUT2D eigenvalue weighted by atomic mass is 79.9. The Bertz CT molecular complexity index is 370. The third kappa shape index (κ3) is 2.93. The number of halogens is 1. The SMILES string of the molecule is Nc1ccc(SC2CCCCC2N)c(Br)c1. The number of hydrogen-bond donors (Lipinski definition) is 2. The van der Waals surface area contributed by atoms with Crippen LogP contribution in [-0.2, 0) is 0 Å². The second kappa shape index (κ2) is 5.43. The maximum Gasteiger partial charge on any atom is 0.0331 e. The molecule has 0 spiro atoms. The third-order valence-corrected chi connectivity index (χ3v) is 5.40. The molecule has 1 aliphatic carbocycles. The van der Waals surface area contributed by atoms with Crippen molar-refractivity contribution in [2.75, 3.05) is 5.73 Å². The molecular formula is C12H17BrN2S. The van der Waals surface area contributed by atoms with Gasteiger partial charge in [-0.1, -0.05) is 12.8 Å². The van der Waals surface area contributed by atoms with Crippen LogP contribution in [0.2, 0.25) is 0 Å². The lowest BCUT2D eigenvalue weighted by molar-refractivity contribution is 0.453. The maximum absolute atomic E-state index is 6.15. The van der Waals surface area contributed by atoms with Gasteiger partial charge >= 0.3 is 0 Å². The summed E-state index contributed by atoms with van der Waals surface area (Å²) in [6.07, 6.45) is 4.96. The second-order valence-corrected chi connectivity index (χ2v) is 6.43. The summed E-state index contributed by atoms with van der Waals surface area (Å²) in [4.78, 5) is 1.25. The van der Waals surface area contributed by atoms with Crippen molar-refractivity contribution in [1.82, 2.24) is 0 Å². The van der Waals surface area contributed by atoms with Gasteiger partial charge in [0.2, 0.25) is 0 Å². The van der Waals surface area contributed by atoms with Crippen molar-refractivity contribution in [2.45, 2.75) is 41.9 Å². The van der Waals surface area contributed by atoms with Gasteiger partial charge in [-0.2, -0.15) is 0 Å². The van der Waals surface area contributed by atoms with E-state index >= 15 is 0 Å². The molecule has 1 fully saturated rings. The largest absolute Gasteiger partial charge is 0.399 e. The first kappa shape index (κ1) is 12.3. The number of rotatable bonds is 2. The van der Waals surface area contributed by atoms with Gasteiger partial charge in [0.25, 0.3) is 0 Å². The molecule has 4 N–H and O–H groups in total. The molecule has 1 saturated carbocycles. The van der Waals surface area contributed by atoms with Crippen molar-refractivity contribution in [3.05, 3.63) is 22.7 Å². The van der Waals surface area contributed by atoms with Crippen LogP contribution in [0, 0.1) is 0 Å². The lowest BCUT2D eigenvalue weighted by atomic mass is 9.96. The van der Waals surface area contributed by atoms with Crippen molar-refractivity contribution in [3.63, 3.8) is 0 Å². The maximum atomic E-state index is 6.15. The van der Waals surface area contributed by atoms with Crippen molar-refractivity contribution in [2.24, 2.45) is 5.73 Å². The first-order valence-corrected chi connectivity index (χ1v) is 7.31. The van der Waals surface area contributed by atoms with Crippen LogP contribution in [0.3, 0.4) is 0 Å². The van der Waals surface area contributed by atoms with E-state index in [-0.39, 0.29) is 0 Å². The summed E-state index contributed by atoms with van der Waals surface area (Å²) < 4.78 is 1.08. The molecule has 16 heavy (non-hydrogen) atoms. The van der Waals surface area contributed by atoms with E-state index in [1.54, 1.807) is 0 Å². The fourth-order valence-corrected chi connectivity index (χ4v) is 3.96. The highest BCUT2D eigenvalue weighted by Gasteiger charge is 2.23. The van der Waals surface area contributed by atoms with Gasteiger partial charge in [0.1, 0.15) is 0 Å². The summed E-state index contributed by atoms with van der Waals surface area (Å²) in [6.45, 7) is 0. The Morgan fingerprint density at radius 1 is 1.25 bits per heavy atom. The van der Waals surface area contributed by atoms with Crippen LogP contribution in [0.5, 0.6) is 0 Å². The lowest BCUT2D eigenvalue weighted by Crippen LogP contribution is -2.35. The Kier molecular flexibility index (Phi) is 4.16. The standard InChI is InChI=1S/C12H17BrN2S/c13-9-7-8(14)5-6-11(9)16-12-4-2-1-3-10(12)15/h5-7,10,12H,1-4,14-15H2. The minimum absolute atomic E-state index is 0.336. The molecule has 1 aromatic rings. The third-order valence-electron chi connectivity index (χ3n) is 2.99. The number of nitrogen functional groups attached to an aromatic ring is 1. The van der Waals surface area contributed by atoms with E-state index < -0.39 is 0 Å². The summed E-state index contributed by atoms with van der Waals surface area (Å²) in [7, 11) is 0. The molecule has 0 saturated heterocycles. The van der Waals surface area contributed by atoms with Gasteiger partial charge in [-0.15, -0.1) is 11.8 Å². The van der Waals surface area contributed by atoms with Gasteiger partial charge in [-0.05, 0) is 47.0 Å². The van der Waals surface area contributed by atoms with Crippen LogP contribution < -0.4 is 11.5 Å². The molecule has 4 heteroatoms. The van der Waals surface area contributed by atoms with Gasteiger partial charge in [0.15, 0.2) is 0 Å². The Morgan fingerprint density at radius 2 is 2.00 bits per heavy atom. The Balaban J connectivity index is 2.07. The monoisotopic (exact) mass is 300 g/mol. The van der Waals surface area contributed by atoms with Gasteiger partial charge in [-0.3, -0.25) is 0 Å². The second-order valence-electron chi connectivity index (χ2n) is 4.29. The number of benzene rings is 1. The predicted octanol–water partition coefficient (Wildman–Crippen LogP) is 3.39. The fraction of sp³-hybridized carbons (Fsp3) is 0.500. The summed E-state index contributed by atoms with van der Waals surface area (Å²) in [5.41, 5.74) is 12.7. The van der Waals surface area contributed by atoms with Crippen molar-refractivity contribution < 1.29 is 0 Å². The highest BCUT2D eigenvalue weighted by molar-refractivity contribution is 9.10. The quantitative estimate of drug-likeness (QED) is 0.823. The molecule has 2 atom stereocenters. The average Bonchev–Trinajstić information content (AvgIpc) is 2.25. The lowest BCUT2D eigenvalue weighted by Gasteiger charge is -2.28. The summed E-state index contributed by atoms with van der Waals surface area (Å²) in [6, 6.07) is 6.31. The summed E-state index contributed by atoms with van der Waals surface area (Å²) in [5, 5.41) is 0.550. The first-order valence-electron chi connectivity index (χ1n) is 5.64. The molecule has 0 radical (unpaired) electrons. The molecule has 0 aliphatic heterocycles. The topological polar surface area (TPSA) is 52.0 Å². The zero-order chi connectivity index (χ0) is 11.5. The van der Waals surface area contributed by atoms with Crippen LogP contribution in [0.4, 0.5) is 5.69 Å². The molecule has 88 valence electrons. The van der Waals surface area contributed by atoms with Crippen molar-refractivity contribution in [3.8, 4) is 0 Å². The Labute approximate surface area is 109 Å². The normalized spacial score (nSPS) is 25.6. The van der Waals surface area contributed by atoms with Gasteiger partial charge in [-0.25, -0.2) is 0 Å². The molecular weight excluding hydrogens is 284 g/mol. The zero-order valence-corrected chi connectivity index (χ0v) is 11.6. The van der Waals surface area contributed by atoms with E-state index in [2.05, 4.69) is 22.0 Å². The van der Waals surface area contributed by atoms with Crippen LogP contribution in [-0.4, -0.2) is 11.3 Å². The van der Waals surface area contributed by atoms with Crippen LogP contribution in [0.25, 0.3) is 0 Å². The number of nitrogens with two attached hydrogens (primary N) is 2. The van der Waals surface area contributed by atoms with E-state index in [0.717, 1.165) is 16.6 Å². The predicted molar refractivity (Wildman–Crippen MR) is 74.6 cm³/mol. The molecule has 2 rings (SSSR count). The van der Waals surface area contributed by atoms with Gasteiger partial charge < -0.3 is 11.5 Å².